The maximum Gasteiger partial charge on any atom is 0.253 e. The summed E-state index contributed by atoms with van der Waals surface area (Å²) in [5.74, 6) is -0.471. The van der Waals surface area contributed by atoms with E-state index in [0.29, 0.717) is 17.0 Å². The molecule has 2 aromatic carbocycles. The quantitative estimate of drug-likeness (QED) is 0.557. The fourth-order valence-corrected chi connectivity index (χ4v) is 5.56. The van der Waals surface area contributed by atoms with Gasteiger partial charge in [-0.05, 0) is 50.1 Å². The van der Waals surface area contributed by atoms with Crippen LogP contribution in [0.1, 0.15) is 49.4 Å². The molecule has 2 N–H and O–H groups in total. The Morgan fingerprint density at radius 1 is 1.12 bits per heavy atom. The Kier molecular flexibility index (Phi) is 8.43. The van der Waals surface area contributed by atoms with E-state index in [1.165, 1.54) is 38.7 Å². The van der Waals surface area contributed by atoms with Crippen molar-refractivity contribution in [3.63, 3.8) is 0 Å². The molecule has 2 amide bonds. The van der Waals surface area contributed by atoms with E-state index in [1.807, 2.05) is 0 Å². The van der Waals surface area contributed by atoms with Crippen molar-refractivity contribution in [1.29, 1.82) is 0 Å². The molecule has 0 aliphatic heterocycles. The maximum atomic E-state index is 13.1. The fourth-order valence-electron chi connectivity index (χ4n) is 4.14. The molecule has 1 saturated carbocycles. The summed E-state index contributed by atoms with van der Waals surface area (Å²) in [4.78, 5) is 26.0. The smallest absolute Gasteiger partial charge is 0.253 e. The zero-order valence-electron chi connectivity index (χ0n) is 19.5. The number of nitrogens with zero attached hydrogens (tertiary/aromatic N) is 1. The molecule has 1 atom stereocenters. The lowest BCUT2D eigenvalue weighted by Gasteiger charge is -2.29. The molecule has 0 saturated heterocycles. The van der Waals surface area contributed by atoms with Gasteiger partial charge in [0.25, 0.3) is 5.91 Å². The monoisotopic (exact) mass is 507 g/mol. The van der Waals surface area contributed by atoms with Gasteiger partial charge >= 0.3 is 0 Å². The predicted molar refractivity (Wildman–Crippen MR) is 134 cm³/mol. The first kappa shape index (κ1) is 25.8. The van der Waals surface area contributed by atoms with E-state index >= 15 is 0 Å². The molecule has 8 nitrogen and oxygen atoms in total. The van der Waals surface area contributed by atoms with Crippen molar-refractivity contribution in [3.8, 4) is 5.75 Å². The van der Waals surface area contributed by atoms with Crippen molar-refractivity contribution < 1.29 is 22.7 Å². The van der Waals surface area contributed by atoms with Crippen LogP contribution in [0.2, 0.25) is 5.02 Å². The lowest BCUT2D eigenvalue weighted by Crippen LogP contribution is -2.45. The highest BCUT2D eigenvalue weighted by atomic mass is 35.5. The maximum absolute atomic E-state index is 13.1. The number of anilines is 2. The van der Waals surface area contributed by atoms with Crippen LogP contribution in [0.15, 0.2) is 42.5 Å². The Morgan fingerprint density at radius 2 is 1.79 bits per heavy atom. The Morgan fingerprint density at radius 3 is 2.41 bits per heavy atom. The van der Waals surface area contributed by atoms with E-state index < -0.39 is 22.0 Å². The Hall–Kier alpha value is -2.78. The third kappa shape index (κ3) is 6.21. The fraction of sp³-hybridized carbons (Fsp3) is 0.417. The van der Waals surface area contributed by atoms with E-state index in [4.69, 9.17) is 16.3 Å². The normalized spacial score (nSPS) is 15.3. The number of carbonyl (C=O) groups excluding carboxylic acids is 2. The zero-order valence-corrected chi connectivity index (χ0v) is 21.1. The number of nitrogens with one attached hydrogen (secondary N) is 2. The molecule has 1 fully saturated rings. The molecule has 10 heteroatoms. The number of carbonyl (C=O) groups is 2. The molecule has 0 unspecified atom stereocenters. The molecular weight excluding hydrogens is 478 g/mol. The molecule has 0 spiro atoms. The molecule has 0 heterocycles. The number of hydrogen-bond donors (Lipinski definition) is 2. The highest BCUT2D eigenvalue weighted by Gasteiger charge is 2.30. The van der Waals surface area contributed by atoms with Crippen LogP contribution in [0.4, 0.5) is 11.4 Å². The van der Waals surface area contributed by atoms with Gasteiger partial charge in [0, 0.05) is 6.04 Å². The van der Waals surface area contributed by atoms with E-state index in [-0.39, 0.29) is 22.7 Å². The molecule has 184 valence electrons. The number of hydrogen-bond acceptors (Lipinski definition) is 5. The van der Waals surface area contributed by atoms with Gasteiger partial charge in [-0.25, -0.2) is 8.42 Å². The van der Waals surface area contributed by atoms with E-state index in [1.54, 1.807) is 24.3 Å². The van der Waals surface area contributed by atoms with Gasteiger partial charge in [-0.1, -0.05) is 43.0 Å². The standard InChI is InChI=1S/C24H30ClN3O5S/c1-16(28(34(3,31)32)18-13-14-22(33-2)20(25)15-18)23(29)27-21-12-8-7-11-19(21)24(30)26-17-9-5-4-6-10-17/h7-8,11-17H,4-6,9-10H2,1-3H3,(H,26,30)(H,27,29)/t16-/m1/s1. The number of amides is 2. The molecule has 34 heavy (non-hydrogen) atoms. The molecule has 1 aliphatic rings. The number of rotatable bonds is 8. The Balaban J connectivity index is 1.82. The first-order valence-electron chi connectivity index (χ1n) is 11.2. The molecule has 0 aromatic heterocycles. The Labute approximate surface area is 205 Å². The topological polar surface area (TPSA) is 105 Å². The highest BCUT2D eigenvalue weighted by Crippen LogP contribution is 2.31. The summed E-state index contributed by atoms with van der Waals surface area (Å²) in [6.07, 6.45) is 6.22. The van der Waals surface area contributed by atoms with Crippen molar-refractivity contribution >= 4 is 44.8 Å². The van der Waals surface area contributed by atoms with Crippen LogP contribution in [-0.4, -0.2) is 45.7 Å². The van der Waals surface area contributed by atoms with Crippen LogP contribution in [0.5, 0.6) is 5.75 Å². The summed E-state index contributed by atoms with van der Waals surface area (Å²) in [7, 11) is -2.39. The van der Waals surface area contributed by atoms with Gasteiger partial charge < -0.3 is 15.4 Å². The summed E-state index contributed by atoms with van der Waals surface area (Å²) >= 11 is 6.18. The van der Waals surface area contributed by atoms with Crippen LogP contribution in [-0.2, 0) is 14.8 Å². The SMILES string of the molecule is COc1ccc(N([C@H](C)C(=O)Nc2ccccc2C(=O)NC2CCCCC2)S(C)(=O)=O)cc1Cl. The number of methoxy groups -OCH3 is 1. The van der Waals surface area contributed by atoms with Crippen molar-refractivity contribution in [2.75, 3.05) is 23.0 Å². The van der Waals surface area contributed by atoms with Crippen LogP contribution in [0.25, 0.3) is 0 Å². The van der Waals surface area contributed by atoms with Gasteiger partial charge in [0.15, 0.2) is 0 Å². The van der Waals surface area contributed by atoms with Crippen LogP contribution in [0, 0.1) is 0 Å². The number of ether oxygens (including phenoxy) is 1. The number of benzene rings is 2. The van der Waals surface area contributed by atoms with Crippen molar-refractivity contribution in [2.24, 2.45) is 0 Å². The predicted octanol–water partition coefficient (Wildman–Crippen LogP) is 4.20. The number of sulfonamides is 1. The lowest BCUT2D eigenvalue weighted by molar-refractivity contribution is -0.116. The average Bonchev–Trinajstić information content (AvgIpc) is 2.79. The largest absolute Gasteiger partial charge is 0.495 e. The van der Waals surface area contributed by atoms with Gasteiger partial charge in [0.1, 0.15) is 11.8 Å². The van der Waals surface area contributed by atoms with Crippen molar-refractivity contribution in [1.82, 2.24) is 5.32 Å². The van der Waals surface area contributed by atoms with Gasteiger partial charge in [-0.15, -0.1) is 0 Å². The van der Waals surface area contributed by atoms with Crippen LogP contribution < -0.4 is 19.7 Å². The summed E-state index contributed by atoms with van der Waals surface area (Å²) in [5, 5.41) is 5.98. The molecule has 2 aromatic rings. The van der Waals surface area contributed by atoms with Crippen LogP contribution >= 0.6 is 11.6 Å². The summed E-state index contributed by atoms with van der Waals surface area (Å²) in [5.41, 5.74) is 0.861. The third-order valence-electron chi connectivity index (χ3n) is 5.85. The molecule has 3 rings (SSSR count). The second-order valence-electron chi connectivity index (χ2n) is 8.40. The second kappa shape index (κ2) is 11.1. The van der Waals surface area contributed by atoms with Crippen LogP contribution in [0.3, 0.4) is 0 Å². The zero-order chi connectivity index (χ0) is 24.9. The van der Waals surface area contributed by atoms with E-state index in [0.717, 1.165) is 36.2 Å². The van der Waals surface area contributed by atoms with Crippen molar-refractivity contribution in [3.05, 3.63) is 53.1 Å². The number of para-hydroxylation sites is 1. The minimum absolute atomic E-state index is 0.115. The minimum Gasteiger partial charge on any atom is -0.495 e. The second-order valence-corrected chi connectivity index (χ2v) is 10.7. The number of halogens is 1. The average molecular weight is 508 g/mol. The minimum atomic E-state index is -3.84. The first-order chi connectivity index (χ1) is 16.1. The van der Waals surface area contributed by atoms with E-state index in [9.17, 15) is 18.0 Å². The van der Waals surface area contributed by atoms with Gasteiger partial charge in [0.2, 0.25) is 15.9 Å². The lowest BCUT2D eigenvalue weighted by atomic mass is 9.95. The van der Waals surface area contributed by atoms with Gasteiger partial charge in [-0.3, -0.25) is 13.9 Å². The first-order valence-corrected chi connectivity index (χ1v) is 13.4. The third-order valence-corrected chi connectivity index (χ3v) is 7.39. The van der Waals surface area contributed by atoms with E-state index in [2.05, 4.69) is 10.6 Å². The molecular formula is C24H30ClN3O5S. The molecule has 0 radical (unpaired) electrons. The van der Waals surface area contributed by atoms with Gasteiger partial charge in [0.05, 0.1) is 35.3 Å². The summed E-state index contributed by atoms with van der Waals surface area (Å²) in [6, 6.07) is 10.2. The highest BCUT2D eigenvalue weighted by molar-refractivity contribution is 7.92. The van der Waals surface area contributed by atoms with Crippen molar-refractivity contribution in [2.45, 2.75) is 51.1 Å². The molecule has 1 aliphatic carbocycles. The Bertz CT molecular complexity index is 1150. The summed E-state index contributed by atoms with van der Waals surface area (Å²) < 4.78 is 31.3. The summed E-state index contributed by atoms with van der Waals surface area (Å²) in [6.45, 7) is 1.47. The molecule has 0 bridgehead atoms. The van der Waals surface area contributed by atoms with Gasteiger partial charge in [-0.2, -0.15) is 0 Å².